The maximum Gasteiger partial charge on any atom is 0.253 e. The Bertz CT molecular complexity index is 549. The average molecular weight is 318 g/mol. The number of carbonyl (C=O) groups is 1. The fourth-order valence-electron chi connectivity index (χ4n) is 3.46. The number of benzene rings is 1. The van der Waals surface area contributed by atoms with Crippen molar-refractivity contribution in [3.8, 4) is 0 Å². The van der Waals surface area contributed by atoms with Gasteiger partial charge >= 0.3 is 0 Å². The molecule has 1 amide bonds. The monoisotopic (exact) mass is 318 g/mol. The highest BCUT2D eigenvalue weighted by molar-refractivity contribution is 5.95. The molecule has 126 valence electrons. The Balaban J connectivity index is 1.67. The lowest BCUT2D eigenvalue weighted by molar-refractivity contribution is 0.0621. The van der Waals surface area contributed by atoms with Crippen molar-refractivity contribution < 1.29 is 14.6 Å². The van der Waals surface area contributed by atoms with Gasteiger partial charge in [-0.3, -0.25) is 4.79 Å². The van der Waals surface area contributed by atoms with Gasteiger partial charge in [0.2, 0.25) is 0 Å². The van der Waals surface area contributed by atoms with Crippen molar-refractivity contribution in [3.05, 3.63) is 29.8 Å². The van der Waals surface area contributed by atoms with Crippen LogP contribution in [0.4, 0.5) is 5.69 Å². The number of nitrogens with zero attached hydrogens (tertiary/aromatic N) is 1. The third-order valence-corrected chi connectivity index (χ3v) is 4.90. The van der Waals surface area contributed by atoms with Gasteiger partial charge in [-0.2, -0.15) is 0 Å². The smallest absolute Gasteiger partial charge is 0.253 e. The van der Waals surface area contributed by atoms with E-state index in [0.717, 1.165) is 38.1 Å². The lowest BCUT2D eigenvalue weighted by Gasteiger charge is -2.32. The van der Waals surface area contributed by atoms with Gasteiger partial charge in [0.1, 0.15) is 0 Å². The third kappa shape index (κ3) is 3.85. The lowest BCUT2D eigenvalue weighted by atomic mass is 9.98. The number of carbonyl (C=O) groups excluding carboxylic acids is 1. The van der Waals surface area contributed by atoms with Crippen LogP contribution in [0.3, 0.4) is 0 Å². The van der Waals surface area contributed by atoms with Crippen molar-refractivity contribution in [2.24, 2.45) is 5.92 Å². The number of aliphatic hydroxyl groups is 1. The SMILES string of the molecule is CC1OCCC1Nc1cccc(C(=O)N2CCCC(CO)C2)c1. The Morgan fingerprint density at radius 1 is 1.43 bits per heavy atom. The van der Waals surface area contributed by atoms with Gasteiger partial charge in [0.05, 0.1) is 12.1 Å². The molecule has 0 aliphatic carbocycles. The summed E-state index contributed by atoms with van der Waals surface area (Å²) in [6, 6.07) is 8.01. The van der Waals surface area contributed by atoms with Gasteiger partial charge in [-0.15, -0.1) is 0 Å². The Kier molecular flexibility index (Phi) is 5.18. The van der Waals surface area contributed by atoms with Crippen LogP contribution in [0.15, 0.2) is 24.3 Å². The number of hydrogen-bond donors (Lipinski definition) is 2. The molecule has 2 fully saturated rings. The summed E-state index contributed by atoms with van der Waals surface area (Å²) in [5, 5.41) is 12.8. The first-order valence-electron chi connectivity index (χ1n) is 8.55. The maximum absolute atomic E-state index is 12.7. The fraction of sp³-hybridized carbons (Fsp3) is 0.611. The first-order valence-corrected chi connectivity index (χ1v) is 8.55. The van der Waals surface area contributed by atoms with Crippen LogP contribution in [-0.4, -0.2) is 54.4 Å². The lowest BCUT2D eigenvalue weighted by Crippen LogP contribution is -2.41. The topological polar surface area (TPSA) is 61.8 Å². The zero-order valence-corrected chi connectivity index (χ0v) is 13.7. The minimum absolute atomic E-state index is 0.0579. The van der Waals surface area contributed by atoms with Crippen LogP contribution in [0.1, 0.15) is 36.5 Å². The van der Waals surface area contributed by atoms with Gasteiger partial charge in [-0.05, 0) is 50.3 Å². The normalized spacial score (nSPS) is 27.9. The number of nitrogens with one attached hydrogen (secondary N) is 1. The molecule has 3 rings (SSSR count). The number of aliphatic hydroxyl groups excluding tert-OH is 1. The zero-order chi connectivity index (χ0) is 16.2. The highest BCUT2D eigenvalue weighted by Crippen LogP contribution is 2.22. The molecule has 23 heavy (non-hydrogen) atoms. The standard InChI is InChI=1S/C18H26N2O3/c1-13-17(7-9-23-13)19-16-6-2-5-15(10-16)18(22)20-8-3-4-14(11-20)12-21/h2,5-6,10,13-14,17,19,21H,3-4,7-9,11-12H2,1H3. The van der Waals surface area contributed by atoms with E-state index in [1.54, 1.807) is 0 Å². The van der Waals surface area contributed by atoms with Crippen LogP contribution < -0.4 is 5.32 Å². The Hall–Kier alpha value is -1.59. The minimum atomic E-state index is 0.0579. The Labute approximate surface area is 137 Å². The van der Waals surface area contributed by atoms with Gasteiger partial charge in [0, 0.05) is 37.6 Å². The molecule has 3 atom stereocenters. The van der Waals surface area contributed by atoms with Crippen LogP contribution in [0.5, 0.6) is 0 Å². The van der Waals surface area contributed by atoms with Gasteiger partial charge in [-0.1, -0.05) is 6.07 Å². The van der Waals surface area contributed by atoms with Crippen molar-refractivity contribution in [2.45, 2.75) is 38.3 Å². The quantitative estimate of drug-likeness (QED) is 0.893. The predicted molar refractivity (Wildman–Crippen MR) is 89.6 cm³/mol. The number of likely N-dealkylation sites (tertiary alicyclic amines) is 1. The second-order valence-electron chi connectivity index (χ2n) is 6.64. The van der Waals surface area contributed by atoms with E-state index < -0.39 is 0 Å². The number of piperidine rings is 1. The van der Waals surface area contributed by atoms with Gasteiger partial charge < -0.3 is 20.1 Å². The van der Waals surface area contributed by atoms with Crippen LogP contribution >= 0.6 is 0 Å². The van der Waals surface area contributed by atoms with Crippen LogP contribution in [-0.2, 0) is 4.74 Å². The van der Waals surface area contributed by atoms with E-state index in [1.807, 2.05) is 29.2 Å². The molecule has 5 nitrogen and oxygen atoms in total. The molecule has 0 bridgehead atoms. The summed E-state index contributed by atoms with van der Waals surface area (Å²) < 4.78 is 5.57. The van der Waals surface area contributed by atoms with E-state index in [0.29, 0.717) is 18.2 Å². The molecule has 2 heterocycles. The molecule has 2 saturated heterocycles. The Morgan fingerprint density at radius 2 is 2.30 bits per heavy atom. The molecule has 1 aromatic carbocycles. The molecule has 3 unspecified atom stereocenters. The van der Waals surface area contributed by atoms with Crippen molar-refractivity contribution in [2.75, 3.05) is 31.6 Å². The number of amides is 1. The number of anilines is 1. The van der Waals surface area contributed by atoms with E-state index >= 15 is 0 Å². The van der Waals surface area contributed by atoms with Crippen molar-refractivity contribution in [3.63, 3.8) is 0 Å². The fourth-order valence-corrected chi connectivity index (χ4v) is 3.46. The highest BCUT2D eigenvalue weighted by Gasteiger charge is 2.26. The van der Waals surface area contributed by atoms with Crippen molar-refractivity contribution in [1.29, 1.82) is 0 Å². The van der Waals surface area contributed by atoms with Gasteiger partial charge in [0.15, 0.2) is 0 Å². The largest absolute Gasteiger partial charge is 0.396 e. The molecule has 2 aliphatic rings. The summed E-state index contributed by atoms with van der Waals surface area (Å²) in [7, 11) is 0. The van der Waals surface area contributed by atoms with E-state index in [1.165, 1.54) is 0 Å². The van der Waals surface area contributed by atoms with Crippen LogP contribution in [0.2, 0.25) is 0 Å². The van der Waals surface area contributed by atoms with E-state index in [-0.39, 0.29) is 24.5 Å². The highest BCUT2D eigenvalue weighted by atomic mass is 16.5. The van der Waals surface area contributed by atoms with Crippen LogP contribution in [0.25, 0.3) is 0 Å². The number of ether oxygens (including phenoxy) is 1. The van der Waals surface area contributed by atoms with Crippen molar-refractivity contribution >= 4 is 11.6 Å². The third-order valence-electron chi connectivity index (χ3n) is 4.90. The molecule has 2 N–H and O–H groups in total. The molecular formula is C18H26N2O3. The summed E-state index contributed by atoms with van der Waals surface area (Å²) in [5.74, 6) is 0.271. The summed E-state index contributed by atoms with van der Waals surface area (Å²) in [6.45, 7) is 4.45. The van der Waals surface area contributed by atoms with E-state index in [4.69, 9.17) is 4.74 Å². The Morgan fingerprint density at radius 3 is 3.04 bits per heavy atom. The second-order valence-corrected chi connectivity index (χ2v) is 6.64. The number of rotatable bonds is 4. The molecule has 1 aromatic rings. The van der Waals surface area contributed by atoms with Gasteiger partial charge in [-0.25, -0.2) is 0 Å². The van der Waals surface area contributed by atoms with Crippen molar-refractivity contribution in [1.82, 2.24) is 4.90 Å². The molecule has 0 spiro atoms. The average Bonchev–Trinajstić information content (AvgIpc) is 2.99. The molecule has 0 radical (unpaired) electrons. The minimum Gasteiger partial charge on any atom is -0.396 e. The first-order chi connectivity index (χ1) is 11.2. The molecule has 2 aliphatic heterocycles. The van der Waals surface area contributed by atoms with Gasteiger partial charge in [0.25, 0.3) is 5.91 Å². The molecule has 0 aromatic heterocycles. The van der Waals surface area contributed by atoms with E-state index in [2.05, 4.69) is 12.2 Å². The summed E-state index contributed by atoms with van der Waals surface area (Å²) >= 11 is 0. The van der Waals surface area contributed by atoms with E-state index in [9.17, 15) is 9.90 Å². The summed E-state index contributed by atoms with van der Waals surface area (Å²) in [5.41, 5.74) is 1.68. The van der Waals surface area contributed by atoms with Crippen LogP contribution in [0, 0.1) is 5.92 Å². The summed E-state index contributed by atoms with van der Waals surface area (Å²) in [6.07, 6.45) is 3.15. The first kappa shape index (κ1) is 16.3. The molecule has 0 saturated carbocycles. The second kappa shape index (κ2) is 7.32. The maximum atomic E-state index is 12.7. The summed E-state index contributed by atoms with van der Waals surface area (Å²) in [4.78, 5) is 14.6. The number of hydrogen-bond acceptors (Lipinski definition) is 4. The molecular weight excluding hydrogens is 292 g/mol. The predicted octanol–water partition coefficient (Wildman–Crippen LogP) is 2.12. The molecule has 5 heteroatoms. The zero-order valence-electron chi connectivity index (χ0n) is 13.7.